The van der Waals surface area contributed by atoms with E-state index in [9.17, 15) is 9.59 Å². The minimum atomic E-state index is -0.181. The van der Waals surface area contributed by atoms with Gasteiger partial charge in [0.2, 0.25) is 11.8 Å². The number of likely N-dealkylation sites (N-methyl/N-ethyl adjacent to an activating group) is 1. The Hall–Kier alpha value is -0.900. The zero-order chi connectivity index (χ0) is 14.1. The second-order valence-electron chi connectivity index (χ2n) is 6.34. The molecule has 0 saturated carbocycles. The van der Waals surface area contributed by atoms with Crippen molar-refractivity contribution in [3.05, 3.63) is 0 Å². The van der Waals surface area contributed by atoms with Crippen molar-refractivity contribution in [2.45, 2.75) is 47.6 Å². The van der Waals surface area contributed by atoms with Crippen molar-refractivity contribution in [2.24, 2.45) is 17.3 Å². The van der Waals surface area contributed by atoms with Crippen LogP contribution in [0.15, 0.2) is 0 Å². The van der Waals surface area contributed by atoms with Gasteiger partial charge >= 0.3 is 0 Å². The molecule has 4 heteroatoms. The van der Waals surface area contributed by atoms with Gasteiger partial charge in [0, 0.05) is 24.4 Å². The maximum Gasteiger partial charge on any atom is 0.232 e. The Bertz CT molecular complexity index is 313. The van der Waals surface area contributed by atoms with Gasteiger partial charge < -0.3 is 5.32 Å². The van der Waals surface area contributed by atoms with E-state index >= 15 is 0 Å². The topological polar surface area (TPSA) is 49.4 Å². The normalized spacial score (nSPS) is 26.9. The summed E-state index contributed by atoms with van der Waals surface area (Å²) in [5, 5.41) is 3.37. The Morgan fingerprint density at radius 1 is 1.17 bits per heavy atom. The summed E-state index contributed by atoms with van der Waals surface area (Å²) in [6.45, 7) is 13.4. The smallest absolute Gasteiger partial charge is 0.232 e. The summed E-state index contributed by atoms with van der Waals surface area (Å²) in [5.41, 5.74) is 0.0195. The monoisotopic (exact) mass is 254 g/mol. The highest BCUT2D eigenvalue weighted by Gasteiger charge is 2.43. The van der Waals surface area contributed by atoms with Gasteiger partial charge in [-0.25, -0.2) is 0 Å². The lowest BCUT2D eigenvalue weighted by Gasteiger charge is -2.34. The molecule has 0 aromatic heterocycles. The van der Waals surface area contributed by atoms with Crippen LogP contribution in [-0.4, -0.2) is 35.8 Å². The van der Waals surface area contributed by atoms with Crippen LogP contribution in [0.4, 0.5) is 0 Å². The molecule has 1 rings (SSSR count). The average Bonchev–Trinajstić information content (AvgIpc) is 2.44. The number of hydrogen-bond acceptors (Lipinski definition) is 3. The maximum absolute atomic E-state index is 12.1. The molecule has 1 heterocycles. The number of carbonyl (C=O) groups is 2. The van der Waals surface area contributed by atoms with Crippen molar-refractivity contribution in [1.82, 2.24) is 10.2 Å². The van der Waals surface area contributed by atoms with E-state index in [4.69, 9.17) is 0 Å². The van der Waals surface area contributed by atoms with Crippen LogP contribution in [0, 0.1) is 17.3 Å². The summed E-state index contributed by atoms with van der Waals surface area (Å²) >= 11 is 0. The van der Waals surface area contributed by atoms with Crippen LogP contribution >= 0.6 is 0 Å². The summed E-state index contributed by atoms with van der Waals surface area (Å²) in [4.78, 5) is 25.6. The van der Waals surface area contributed by atoms with Crippen LogP contribution < -0.4 is 5.32 Å². The average molecular weight is 254 g/mol. The Morgan fingerprint density at radius 2 is 1.61 bits per heavy atom. The maximum atomic E-state index is 12.1. The Labute approximate surface area is 110 Å². The third-order valence-corrected chi connectivity index (χ3v) is 3.92. The van der Waals surface area contributed by atoms with Crippen LogP contribution in [0.3, 0.4) is 0 Å². The van der Waals surface area contributed by atoms with E-state index in [1.54, 1.807) is 0 Å². The molecule has 104 valence electrons. The fourth-order valence-electron chi connectivity index (χ4n) is 2.28. The Morgan fingerprint density at radius 3 is 1.94 bits per heavy atom. The number of carbonyl (C=O) groups excluding carboxylic acids is 2. The lowest BCUT2D eigenvalue weighted by atomic mass is 9.86. The molecule has 1 aliphatic heterocycles. The molecule has 0 aromatic carbocycles. The van der Waals surface area contributed by atoms with E-state index in [0.29, 0.717) is 6.54 Å². The van der Waals surface area contributed by atoms with Crippen LogP contribution in [0.2, 0.25) is 0 Å². The van der Waals surface area contributed by atoms with Crippen molar-refractivity contribution in [2.75, 3.05) is 13.1 Å². The van der Waals surface area contributed by atoms with Gasteiger partial charge in [-0.2, -0.15) is 0 Å². The van der Waals surface area contributed by atoms with E-state index in [1.807, 2.05) is 20.8 Å². The number of rotatable bonds is 4. The number of amides is 2. The van der Waals surface area contributed by atoms with Crippen LogP contribution in [-0.2, 0) is 9.59 Å². The number of likely N-dealkylation sites (tertiary alicyclic amines) is 1. The van der Waals surface area contributed by atoms with Crippen molar-refractivity contribution in [1.29, 1.82) is 0 Å². The highest BCUT2D eigenvalue weighted by molar-refractivity contribution is 6.04. The summed E-state index contributed by atoms with van der Waals surface area (Å²) in [5.74, 6) is -0.418. The molecule has 0 radical (unpaired) electrons. The molecule has 18 heavy (non-hydrogen) atoms. The number of nitrogens with one attached hydrogen (secondary N) is 1. The van der Waals surface area contributed by atoms with Gasteiger partial charge in [0.25, 0.3) is 0 Å². The van der Waals surface area contributed by atoms with Crippen LogP contribution in [0.1, 0.15) is 41.5 Å². The van der Waals surface area contributed by atoms with Crippen LogP contribution in [0.25, 0.3) is 0 Å². The predicted molar refractivity (Wildman–Crippen MR) is 72.0 cm³/mol. The van der Waals surface area contributed by atoms with Crippen molar-refractivity contribution in [3.8, 4) is 0 Å². The van der Waals surface area contributed by atoms with Gasteiger partial charge in [-0.1, -0.05) is 41.5 Å². The van der Waals surface area contributed by atoms with E-state index in [1.165, 1.54) is 4.90 Å². The summed E-state index contributed by atoms with van der Waals surface area (Å²) in [7, 11) is 0. The summed E-state index contributed by atoms with van der Waals surface area (Å²) in [6.07, 6.45) is 0. The summed E-state index contributed by atoms with van der Waals surface area (Å²) in [6, 6.07) is 0.132. The van der Waals surface area contributed by atoms with Gasteiger partial charge in [0.05, 0.1) is 0 Å². The molecule has 1 saturated heterocycles. The molecule has 0 bridgehead atoms. The lowest BCUT2D eigenvalue weighted by molar-refractivity contribution is -0.140. The largest absolute Gasteiger partial charge is 0.312 e. The molecule has 1 fully saturated rings. The van der Waals surface area contributed by atoms with E-state index in [0.717, 1.165) is 6.54 Å². The Kier molecular flexibility index (Phi) is 4.54. The fraction of sp³-hybridized carbons (Fsp3) is 0.857. The van der Waals surface area contributed by atoms with Gasteiger partial charge in [-0.05, 0) is 12.0 Å². The zero-order valence-electron chi connectivity index (χ0n) is 12.4. The molecule has 0 aliphatic carbocycles. The number of hydrogen-bond donors (Lipinski definition) is 1. The first-order valence-corrected chi connectivity index (χ1v) is 6.78. The lowest BCUT2D eigenvalue weighted by Crippen LogP contribution is -2.50. The third-order valence-electron chi connectivity index (χ3n) is 3.92. The van der Waals surface area contributed by atoms with E-state index in [-0.39, 0.29) is 35.1 Å². The number of imide groups is 1. The van der Waals surface area contributed by atoms with Gasteiger partial charge in [-0.15, -0.1) is 0 Å². The molecule has 1 N–H and O–H groups in total. The highest BCUT2D eigenvalue weighted by atomic mass is 16.2. The minimum Gasteiger partial charge on any atom is -0.312 e. The molecule has 1 aliphatic rings. The van der Waals surface area contributed by atoms with Crippen LogP contribution in [0.5, 0.6) is 0 Å². The van der Waals surface area contributed by atoms with Gasteiger partial charge in [0.1, 0.15) is 0 Å². The van der Waals surface area contributed by atoms with E-state index in [2.05, 4.69) is 26.1 Å². The Balaban J connectivity index is 2.82. The second kappa shape index (κ2) is 5.39. The third kappa shape index (κ3) is 2.91. The first kappa shape index (κ1) is 15.2. The SMILES string of the molecule is CCNC(CN1C(=O)C(C)C(C)C1=O)C(C)(C)C. The zero-order valence-corrected chi connectivity index (χ0v) is 12.4. The molecular weight excluding hydrogens is 228 g/mol. The molecule has 3 atom stereocenters. The summed E-state index contributed by atoms with van der Waals surface area (Å²) < 4.78 is 0. The second-order valence-corrected chi connectivity index (χ2v) is 6.34. The van der Waals surface area contributed by atoms with Gasteiger partial charge in [0.15, 0.2) is 0 Å². The number of nitrogens with zero attached hydrogens (tertiary/aromatic N) is 1. The fourth-order valence-corrected chi connectivity index (χ4v) is 2.28. The standard InChI is InChI=1S/C14H26N2O2/c1-7-15-11(14(4,5)6)8-16-12(17)9(2)10(3)13(16)18/h9-11,15H,7-8H2,1-6H3. The van der Waals surface area contributed by atoms with Crippen molar-refractivity contribution in [3.63, 3.8) is 0 Å². The van der Waals surface area contributed by atoms with Crippen molar-refractivity contribution >= 4 is 11.8 Å². The van der Waals surface area contributed by atoms with Crippen molar-refractivity contribution < 1.29 is 9.59 Å². The first-order chi connectivity index (χ1) is 8.20. The molecular formula is C14H26N2O2. The molecule has 0 spiro atoms. The minimum absolute atomic E-state index is 0.0195. The van der Waals surface area contributed by atoms with Gasteiger partial charge in [-0.3, -0.25) is 14.5 Å². The predicted octanol–water partition coefficient (Wildman–Crippen LogP) is 1.65. The van der Waals surface area contributed by atoms with E-state index < -0.39 is 0 Å². The molecule has 0 aromatic rings. The molecule has 4 nitrogen and oxygen atoms in total. The first-order valence-electron chi connectivity index (χ1n) is 6.78. The quantitative estimate of drug-likeness (QED) is 0.776. The molecule has 2 amide bonds. The highest BCUT2D eigenvalue weighted by Crippen LogP contribution is 2.28. The molecule has 3 unspecified atom stereocenters.